The van der Waals surface area contributed by atoms with Gasteiger partial charge in [-0.05, 0) is 58.7 Å². The lowest BCUT2D eigenvalue weighted by Gasteiger charge is -2.16. The van der Waals surface area contributed by atoms with Gasteiger partial charge in [-0.1, -0.05) is 12.1 Å². The van der Waals surface area contributed by atoms with E-state index in [0.717, 1.165) is 5.56 Å². The van der Waals surface area contributed by atoms with Gasteiger partial charge in [-0.3, -0.25) is 0 Å². The molecule has 0 aliphatic carbocycles. The van der Waals surface area contributed by atoms with Crippen LogP contribution in [0.4, 0.5) is 10.1 Å². The summed E-state index contributed by atoms with van der Waals surface area (Å²) in [6, 6.07) is 11.8. The SMILES string of the molecule is CC(Oc1ccc(F)cc1Br)c1ccc(N)cc1. The third-order valence-corrected chi connectivity index (χ3v) is 3.22. The standard InChI is InChI=1S/C14H13BrFNO/c1-9(10-2-5-12(17)6-3-10)18-14-7-4-11(16)8-13(14)15/h2-9H,17H2,1H3. The highest BCUT2D eigenvalue weighted by Crippen LogP contribution is 2.30. The highest BCUT2D eigenvalue weighted by molar-refractivity contribution is 9.10. The average molecular weight is 310 g/mol. The maximum Gasteiger partial charge on any atom is 0.134 e. The first kappa shape index (κ1) is 12.9. The van der Waals surface area contributed by atoms with E-state index in [9.17, 15) is 4.39 Å². The van der Waals surface area contributed by atoms with Crippen LogP contribution in [-0.2, 0) is 0 Å². The zero-order chi connectivity index (χ0) is 13.1. The van der Waals surface area contributed by atoms with Gasteiger partial charge in [0.05, 0.1) is 4.47 Å². The summed E-state index contributed by atoms with van der Waals surface area (Å²) in [6.07, 6.45) is -0.132. The Morgan fingerprint density at radius 2 is 1.83 bits per heavy atom. The fourth-order valence-corrected chi connectivity index (χ4v) is 2.04. The molecule has 0 amide bonds. The summed E-state index contributed by atoms with van der Waals surface area (Å²) in [5.74, 6) is 0.315. The van der Waals surface area contributed by atoms with E-state index >= 15 is 0 Å². The van der Waals surface area contributed by atoms with Crippen LogP contribution in [0.3, 0.4) is 0 Å². The molecule has 2 rings (SSSR count). The van der Waals surface area contributed by atoms with Crippen LogP contribution in [0.1, 0.15) is 18.6 Å². The minimum Gasteiger partial charge on any atom is -0.485 e. The van der Waals surface area contributed by atoms with Crippen LogP contribution in [0.15, 0.2) is 46.9 Å². The number of halogens is 2. The highest BCUT2D eigenvalue weighted by atomic mass is 79.9. The number of benzene rings is 2. The molecule has 0 aliphatic heterocycles. The van der Waals surface area contributed by atoms with E-state index in [0.29, 0.717) is 15.9 Å². The normalized spacial score (nSPS) is 12.2. The molecule has 18 heavy (non-hydrogen) atoms. The summed E-state index contributed by atoms with van der Waals surface area (Å²) < 4.78 is 19.3. The van der Waals surface area contributed by atoms with Crippen molar-refractivity contribution >= 4 is 21.6 Å². The summed E-state index contributed by atoms with van der Waals surface area (Å²) in [5, 5.41) is 0. The number of hydrogen-bond donors (Lipinski definition) is 1. The molecule has 0 aromatic heterocycles. The molecule has 0 spiro atoms. The first-order chi connectivity index (χ1) is 8.56. The molecular weight excluding hydrogens is 297 g/mol. The Hall–Kier alpha value is -1.55. The Labute approximate surface area is 114 Å². The van der Waals surface area contributed by atoms with Gasteiger partial charge in [0.2, 0.25) is 0 Å². The largest absolute Gasteiger partial charge is 0.485 e. The molecule has 4 heteroatoms. The van der Waals surface area contributed by atoms with Crippen LogP contribution in [0.5, 0.6) is 5.75 Å². The van der Waals surface area contributed by atoms with E-state index in [1.807, 2.05) is 31.2 Å². The van der Waals surface area contributed by atoms with E-state index in [-0.39, 0.29) is 11.9 Å². The third-order valence-electron chi connectivity index (χ3n) is 2.60. The summed E-state index contributed by atoms with van der Waals surface area (Å²) >= 11 is 3.27. The number of rotatable bonds is 3. The molecule has 0 radical (unpaired) electrons. The maximum absolute atomic E-state index is 13.0. The van der Waals surface area contributed by atoms with Crippen molar-refractivity contribution in [3.63, 3.8) is 0 Å². The number of anilines is 1. The topological polar surface area (TPSA) is 35.2 Å². The predicted octanol–water partition coefficient (Wildman–Crippen LogP) is 4.31. The monoisotopic (exact) mass is 309 g/mol. The first-order valence-electron chi connectivity index (χ1n) is 5.53. The van der Waals surface area contributed by atoms with Crippen molar-refractivity contribution in [3.8, 4) is 5.75 Å². The molecular formula is C14H13BrFNO. The van der Waals surface area contributed by atoms with Crippen molar-refractivity contribution in [3.05, 3.63) is 58.3 Å². The van der Waals surface area contributed by atoms with Gasteiger partial charge in [0.1, 0.15) is 17.7 Å². The number of nitrogen functional groups attached to an aromatic ring is 1. The van der Waals surface area contributed by atoms with Crippen molar-refractivity contribution in [2.75, 3.05) is 5.73 Å². The van der Waals surface area contributed by atoms with E-state index < -0.39 is 0 Å². The fourth-order valence-electron chi connectivity index (χ4n) is 1.60. The van der Waals surface area contributed by atoms with Gasteiger partial charge in [0.15, 0.2) is 0 Å². The summed E-state index contributed by atoms with van der Waals surface area (Å²) in [4.78, 5) is 0. The minimum atomic E-state index is -0.297. The minimum absolute atomic E-state index is 0.132. The van der Waals surface area contributed by atoms with Crippen LogP contribution < -0.4 is 10.5 Å². The molecule has 0 saturated carbocycles. The fraction of sp³-hybridized carbons (Fsp3) is 0.143. The second-order valence-electron chi connectivity index (χ2n) is 4.00. The first-order valence-corrected chi connectivity index (χ1v) is 6.32. The Kier molecular flexibility index (Phi) is 3.87. The number of ether oxygens (including phenoxy) is 1. The van der Waals surface area contributed by atoms with Crippen molar-refractivity contribution < 1.29 is 9.13 Å². The third kappa shape index (κ3) is 3.01. The van der Waals surface area contributed by atoms with E-state index in [1.54, 1.807) is 6.07 Å². The van der Waals surface area contributed by atoms with E-state index in [1.165, 1.54) is 12.1 Å². The molecule has 2 N–H and O–H groups in total. The van der Waals surface area contributed by atoms with Crippen LogP contribution in [0.25, 0.3) is 0 Å². The van der Waals surface area contributed by atoms with Gasteiger partial charge < -0.3 is 10.5 Å². The van der Waals surface area contributed by atoms with Crippen molar-refractivity contribution in [1.82, 2.24) is 0 Å². The van der Waals surface area contributed by atoms with Gasteiger partial charge in [-0.15, -0.1) is 0 Å². The molecule has 2 nitrogen and oxygen atoms in total. The Morgan fingerprint density at radius 1 is 1.17 bits per heavy atom. The smallest absolute Gasteiger partial charge is 0.134 e. The summed E-state index contributed by atoms with van der Waals surface area (Å²) in [5.41, 5.74) is 7.36. The molecule has 1 unspecified atom stereocenters. The lowest BCUT2D eigenvalue weighted by Crippen LogP contribution is -2.03. The van der Waals surface area contributed by atoms with Gasteiger partial charge in [-0.25, -0.2) is 4.39 Å². The quantitative estimate of drug-likeness (QED) is 0.857. The second-order valence-corrected chi connectivity index (χ2v) is 4.86. The Morgan fingerprint density at radius 3 is 2.44 bits per heavy atom. The lowest BCUT2D eigenvalue weighted by molar-refractivity contribution is 0.225. The lowest BCUT2D eigenvalue weighted by atomic mass is 10.1. The predicted molar refractivity (Wildman–Crippen MR) is 74.0 cm³/mol. The van der Waals surface area contributed by atoms with Crippen LogP contribution in [0, 0.1) is 5.82 Å². The van der Waals surface area contributed by atoms with Crippen LogP contribution >= 0.6 is 15.9 Å². The Balaban J connectivity index is 2.15. The molecule has 0 aliphatic rings. The molecule has 0 fully saturated rings. The molecule has 0 bridgehead atoms. The molecule has 0 heterocycles. The second kappa shape index (κ2) is 5.40. The zero-order valence-electron chi connectivity index (χ0n) is 9.86. The Bertz CT molecular complexity index is 542. The van der Waals surface area contributed by atoms with Crippen LogP contribution in [-0.4, -0.2) is 0 Å². The summed E-state index contributed by atoms with van der Waals surface area (Å²) in [7, 11) is 0. The van der Waals surface area contributed by atoms with Crippen LogP contribution in [0.2, 0.25) is 0 Å². The van der Waals surface area contributed by atoms with E-state index in [2.05, 4.69) is 15.9 Å². The molecule has 2 aromatic rings. The number of nitrogens with two attached hydrogens (primary N) is 1. The molecule has 94 valence electrons. The molecule has 0 saturated heterocycles. The highest BCUT2D eigenvalue weighted by Gasteiger charge is 2.10. The summed E-state index contributed by atoms with van der Waals surface area (Å²) in [6.45, 7) is 1.93. The van der Waals surface area contributed by atoms with Crippen molar-refractivity contribution in [2.24, 2.45) is 0 Å². The maximum atomic E-state index is 13.0. The number of hydrogen-bond acceptors (Lipinski definition) is 2. The molecule has 2 aromatic carbocycles. The molecule has 1 atom stereocenters. The van der Waals surface area contributed by atoms with Crippen molar-refractivity contribution in [1.29, 1.82) is 0 Å². The van der Waals surface area contributed by atoms with Gasteiger partial charge in [0, 0.05) is 5.69 Å². The van der Waals surface area contributed by atoms with Gasteiger partial charge in [0.25, 0.3) is 0 Å². The average Bonchev–Trinajstić information content (AvgIpc) is 2.33. The van der Waals surface area contributed by atoms with Gasteiger partial charge >= 0.3 is 0 Å². The van der Waals surface area contributed by atoms with Crippen molar-refractivity contribution in [2.45, 2.75) is 13.0 Å². The zero-order valence-corrected chi connectivity index (χ0v) is 11.4. The van der Waals surface area contributed by atoms with Gasteiger partial charge in [-0.2, -0.15) is 0 Å². The van der Waals surface area contributed by atoms with E-state index in [4.69, 9.17) is 10.5 Å².